The van der Waals surface area contributed by atoms with Gasteiger partial charge >= 0.3 is 0 Å². The van der Waals surface area contributed by atoms with Crippen LogP contribution in [-0.4, -0.2) is 11.0 Å². The van der Waals surface area contributed by atoms with Gasteiger partial charge < -0.3 is 20.9 Å². The fraction of sp³-hybridized carbons (Fsp3) is 0.0500. The molecule has 0 spiro atoms. The van der Waals surface area contributed by atoms with Gasteiger partial charge in [-0.3, -0.25) is 4.79 Å². The van der Waals surface area contributed by atoms with E-state index in [4.69, 9.17) is 10.5 Å². The van der Waals surface area contributed by atoms with Crippen LogP contribution in [0.2, 0.25) is 0 Å². The van der Waals surface area contributed by atoms with E-state index in [9.17, 15) is 9.90 Å². The zero-order valence-electron chi connectivity index (χ0n) is 13.5. The number of phenolic OH excluding ortho intramolecular Hbond substituents is 1. The first-order valence-electron chi connectivity index (χ1n) is 7.82. The van der Waals surface area contributed by atoms with Gasteiger partial charge in [-0.15, -0.1) is 0 Å². The molecule has 5 nitrogen and oxygen atoms in total. The second-order valence-corrected chi connectivity index (χ2v) is 5.45. The van der Waals surface area contributed by atoms with E-state index in [2.05, 4.69) is 5.32 Å². The van der Waals surface area contributed by atoms with Crippen LogP contribution < -0.4 is 15.8 Å². The number of ether oxygens (including phenoxy) is 1. The fourth-order valence-corrected chi connectivity index (χ4v) is 2.29. The first-order valence-corrected chi connectivity index (χ1v) is 7.82. The number of phenols is 1. The molecular weight excluding hydrogens is 316 g/mol. The fourth-order valence-electron chi connectivity index (χ4n) is 2.29. The Kier molecular flexibility index (Phi) is 4.97. The average Bonchev–Trinajstić information content (AvgIpc) is 2.65. The maximum Gasteiger partial charge on any atom is 0.255 e. The average molecular weight is 334 g/mol. The lowest BCUT2D eigenvalue weighted by molar-refractivity contribution is 0.102. The molecule has 0 aliphatic rings. The molecule has 0 fully saturated rings. The second-order valence-electron chi connectivity index (χ2n) is 5.45. The van der Waals surface area contributed by atoms with Crippen LogP contribution >= 0.6 is 0 Å². The van der Waals surface area contributed by atoms with Crippen LogP contribution in [0.25, 0.3) is 0 Å². The third-order valence-corrected chi connectivity index (χ3v) is 3.65. The van der Waals surface area contributed by atoms with Crippen LogP contribution in [0, 0.1) is 0 Å². The van der Waals surface area contributed by atoms with E-state index in [1.54, 1.807) is 36.4 Å². The van der Waals surface area contributed by atoms with Crippen LogP contribution in [0.3, 0.4) is 0 Å². The summed E-state index contributed by atoms with van der Waals surface area (Å²) in [6, 6.07) is 20.9. The Hall–Kier alpha value is -3.31. The van der Waals surface area contributed by atoms with Crippen LogP contribution in [0.5, 0.6) is 17.2 Å². The molecule has 0 heterocycles. The van der Waals surface area contributed by atoms with Gasteiger partial charge in [-0.1, -0.05) is 30.3 Å². The number of carbonyl (C=O) groups is 1. The topological polar surface area (TPSA) is 84.6 Å². The number of anilines is 1. The molecule has 25 heavy (non-hydrogen) atoms. The summed E-state index contributed by atoms with van der Waals surface area (Å²) in [7, 11) is 0. The summed E-state index contributed by atoms with van der Waals surface area (Å²) in [5.74, 6) is 0.823. The van der Waals surface area contributed by atoms with Gasteiger partial charge in [0.2, 0.25) is 0 Å². The second kappa shape index (κ2) is 7.51. The van der Waals surface area contributed by atoms with Crippen molar-refractivity contribution in [1.29, 1.82) is 0 Å². The van der Waals surface area contributed by atoms with Gasteiger partial charge in [0.05, 0.1) is 5.69 Å². The van der Waals surface area contributed by atoms with Crippen molar-refractivity contribution in [2.24, 2.45) is 5.73 Å². The minimum atomic E-state index is -0.323. The molecule has 0 saturated heterocycles. The number of hydrogen-bond donors (Lipinski definition) is 3. The van der Waals surface area contributed by atoms with Gasteiger partial charge in [-0.05, 0) is 42.0 Å². The van der Waals surface area contributed by atoms with Crippen molar-refractivity contribution in [2.45, 2.75) is 6.54 Å². The summed E-state index contributed by atoms with van der Waals surface area (Å²) in [6.07, 6.45) is 0. The van der Waals surface area contributed by atoms with Gasteiger partial charge in [0, 0.05) is 18.2 Å². The molecule has 3 aromatic rings. The van der Waals surface area contributed by atoms with Gasteiger partial charge in [-0.25, -0.2) is 0 Å². The Morgan fingerprint density at radius 3 is 2.36 bits per heavy atom. The first-order chi connectivity index (χ1) is 12.2. The van der Waals surface area contributed by atoms with E-state index < -0.39 is 0 Å². The number of aromatic hydroxyl groups is 1. The molecule has 5 heteroatoms. The quantitative estimate of drug-likeness (QED) is 0.618. The number of benzene rings is 3. The van der Waals surface area contributed by atoms with Gasteiger partial charge in [0.25, 0.3) is 5.91 Å². The molecular formula is C20H18N2O3. The number of hydrogen-bond acceptors (Lipinski definition) is 4. The normalized spacial score (nSPS) is 10.3. The number of nitrogens with two attached hydrogens (primary N) is 1. The number of para-hydroxylation sites is 1. The molecule has 0 aliphatic heterocycles. The zero-order chi connectivity index (χ0) is 17.6. The molecule has 1 amide bonds. The van der Waals surface area contributed by atoms with Crippen molar-refractivity contribution in [3.63, 3.8) is 0 Å². The predicted octanol–water partition coefficient (Wildman–Crippen LogP) is 3.90. The van der Waals surface area contributed by atoms with Crippen molar-refractivity contribution in [3.05, 3.63) is 83.9 Å². The summed E-state index contributed by atoms with van der Waals surface area (Å²) in [5, 5.41) is 12.7. The molecule has 0 aromatic heterocycles. The Morgan fingerprint density at radius 1 is 0.960 bits per heavy atom. The van der Waals surface area contributed by atoms with Crippen LogP contribution in [0.15, 0.2) is 72.8 Å². The van der Waals surface area contributed by atoms with E-state index in [1.807, 2.05) is 30.3 Å². The minimum Gasteiger partial charge on any atom is -0.506 e. The molecule has 0 atom stereocenters. The Labute approximate surface area is 145 Å². The molecule has 0 unspecified atom stereocenters. The van der Waals surface area contributed by atoms with Gasteiger partial charge in [0.1, 0.15) is 17.2 Å². The molecule has 0 saturated carbocycles. The van der Waals surface area contributed by atoms with Crippen molar-refractivity contribution >= 4 is 11.6 Å². The monoisotopic (exact) mass is 334 g/mol. The molecule has 0 aliphatic carbocycles. The standard InChI is InChI=1S/C20H18N2O3/c21-13-14-6-8-15(9-7-14)20(24)22-18-12-17(10-11-19(18)23)25-16-4-2-1-3-5-16/h1-12,23H,13,21H2,(H,22,24). The minimum absolute atomic E-state index is 0.0349. The summed E-state index contributed by atoms with van der Waals surface area (Å²) in [5.41, 5.74) is 7.25. The third-order valence-electron chi connectivity index (χ3n) is 3.65. The number of amides is 1. The highest BCUT2D eigenvalue weighted by molar-refractivity contribution is 6.05. The van der Waals surface area contributed by atoms with E-state index in [1.165, 1.54) is 6.07 Å². The van der Waals surface area contributed by atoms with Crippen LogP contribution in [0.4, 0.5) is 5.69 Å². The van der Waals surface area contributed by atoms with Crippen molar-refractivity contribution in [3.8, 4) is 17.2 Å². The van der Waals surface area contributed by atoms with E-state index in [-0.39, 0.29) is 17.3 Å². The molecule has 4 N–H and O–H groups in total. The predicted molar refractivity (Wildman–Crippen MR) is 96.9 cm³/mol. The summed E-state index contributed by atoms with van der Waals surface area (Å²) in [6.45, 7) is 0.418. The molecule has 3 aromatic carbocycles. The first kappa shape index (κ1) is 16.5. The van der Waals surface area contributed by atoms with E-state index in [0.717, 1.165) is 5.56 Å². The summed E-state index contributed by atoms with van der Waals surface area (Å²) >= 11 is 0. The number of nitrogens with one attached hydrogen (secondary N) is 1. The maximum atomic E-state index is 12.3. The Morgan fingerprint density at radius 2 is 1.68 bits per heavy atom. The van der Waals surface area contributed by atoms with E-state index in [0.29, 0.717) is 23.6 Å². The smallest absolute Gasteiger partial charge is 0.255 e. The Bertz CT molecular complexity index is 862. The lowest BCUT2D eigenvalue weighted by Gasteiger charge is -2.11. The van der Waals surface area contributed by atoms with Crippen LogP contribution in [-0.2, 0) is 6.54 Å². The van der Waals surface area contributed by atoms with Gasteiger partial charge in [0.15, 0.2) is 0 Å². The highest BCUT2D eigenvalue weighted by Gasteiger charge is 2.10. The van der Waals surface area contributed by atoms with Gasteiger partial charge in [-0.2, -0.15) is 0 Å². The highest BCUT2D eigenvalue weighted by atomic mass is 16.5. The molecule has 0 bridgehead atoms. The lowest BCUT2D eigenvalue weighted by Crippen LogP contribution is -2.12. The molecule has 0 radical (unpaired) electrons. The molecule has 126 valence electrons. The third kappa shape index (κ3) is 4.16. The van der Waals surface area contributed by atoms with Crippen molar-refractivity contribution in [2.75, 3.05) is 5.32 Å². The number of rotatable bonds is 5. The molecule has 3 rings (SSSR count). The van der Waals surface area contributed by atoms with Crippen molar-refractivity contribution in [1.82, 2.24) is 0 Å². The maximum absolute atomic E-state index is 12.3. The van der Waals surface area contributed by atoms with E-state index >= 15 is 0 Å². The summed E-state index contributed by atoms with van der Waals surface area (Å²) < 4.78 is 5.72. The van der Waals surface area contributed by atoms with Crippen molar-refractivity contribution < 1.29 is 14.6 Å². The van der Waals surface area contributed by atoms with Crippen LogP contribution in [0.1, 0.15) is 15.9 Å². The summed E-state index contributed by atoms with van der Waals surface area (Å²) in [4.78, 5) is 12.3. The Balaban J connectivity index is 1.76. The highest BCUT2D eigenvalue weighted by Crippen LogP contribution is 2.31. The lowest BCUT2D eigenvalue weighted by atomic mass is 10.1. The number of carbonyl (C=O) groups excluding carboxylic acids is 1. The zero-order valence-corrected chi connectivity index (χ0v) is 13.5. The largest absolute Gasteiger partial charge is 0.506 e. The SMILES string of the molecule is NCc1ccc(C(=O)Nc2cc(Oc3ccccc3)ccc2O)cc1.